The van der Waals surface area contributed by atoms with Gasteiger partial charge < -0.3 is 19.5 Å². The number of sulfonamides is 1. The number of halogens is 1. The van der Waals surface area contributed by atoms with Crippen LogP contribution < -0.4 is 19.5 Å². The van der Waals surface area contributed by atoms with Gasteiger partial charge in [-0.2, -0.15) is 4.31 Å². The smallest absolute Gasteiger partial charge is 0.243 e. The highest BCUT2D eigenvalue weighted by molar-refractivity contribution is 7.89. The topological polar surface area (TPSA) is 94.2 Å². The quantitative estimate of drug-likeness (QED) is 0.594. The van der Waals surface area contributed by atoms with Crippen molar-refractivity contribution in [2.24, 2.45) is 5.92 Å². The number of fused-ring (bicyclic) bond motifs is 1. The molecule has 2 heterocycles. The Bertz CT molecular complexity index is 1070. The highest BCUT2D eigenvalue weighted by atomic mass is 35.5. The minimum atomic E-state index is -3.67. The number of nitrogens with one attached hydrogen (secondary N) is 1. The van der Waals surface area contributed by atoms with Gasteiger partial charge >= 0.3 is 0 Å². The molecule has 10 heteroatoms. The number of piperidine rings is 1. The van der Waals surface area contributed by atoms with Crippen molar-refractivity contribution in [2.45, 2.75) is 24.2 Å². The highest BCUT2D eigenvalue weighted by Crippen LogP contribution is 2.33. The van der Waals surface area contributed by atoms with E-state index in [1.54, 1.807) is 36.4 Å². The molecule has 1 fully saturated rings. The Kier molecular flexibility index (Phi) is 7.62. The summed E-state index contributed by atoms with van der Waals surface area (Å²) >= 11 is 5.84. The summed E-state index contributed by atoms with van der Waals surface area (Å²) in [7, 11) is -3.67. The van der Waals surface area contributed by atoms with Gasteiger partial charge in [0.2, 0.25) is 15.9 Å². The molecule has 0 saturated carbocycles. The normalized spacial score (nSPS) is 17.2. The fraction of sp³-hybridized carbons (Fsp3) is 0.435. The highest BCUT2D eigenvalue weighted by Gasteiger charge is 2.32. The number of carbonyl (C=O) groups excluding carboxylic acids is 1. The van der Waals surface area contributed by atoms with Crippen LogP contribution >= 0.6 is 11.6 Å². The molecule has 0 unspecified atom stereocenters. The van der Waals surface area contributed by atoms with E-state index in [1.807, 2.05) is 0 Å². The number of nitrogens with zero attached hydrogens (tertiary/aromatic N) is 1. The van der Waals surface area contributed by atoms with E-state index in [4.69, 9.17) is 25.8 Å². The van der Waals surface area contributed by atoms with Crippen molar-refractivity contribution in [3.63, 3.8) is 0 Å². The first-order valence-electron chi connectivity index (χ1n) is 11.0. The van der Waals surface area contributed by atoms with E-state index in [9.17, 15) is 13.2 Å². The molecule has 2 aliphatic rings. The molecule has 0 radical (unpaired) electrons. The average molecular weight is 495 g/mol. The van der Waals surface area contributed by atoms with Gasteiger partial charge in [0, 0.05) is 36.5 Å². The predicted molar refractivity (Wildman–Crippen MR) is 123 cm³/mol. The minimum Gasteiger partial charge on any atom is -0.492 e. The van der Waals surface area contributed by atoms with Gasteiger partial charge in [-0.25, -0.2) is 8.42 Å². The van der Waals surface area contributed by atoms with Crippen molar-refractivity contribution < 1.29 is 27.4 Å². The minimum absolute atomic E-state index is 0.0812. The summed E-state index contributed by atoms with van der Waals surface area (Å²) in [5.74, 6) is 1.38. The lowest BCUT2D eigenvalue weighted by atomic mass is 9.97. The summed E-state index contributed by atoms with van der Waals surface area (Å²) in [5, 5.41) is 3.50. The van der Waals surface area contributed by atoms with E-state index < -0.39 is 10.0 Å². The third-order valence-electron chi connectivity index (χ3n) is 5.67. The number of hydrogen-bond acceptors (Lipinski definition) is 6. The monoisotopic (exact) mass is 494 g/mol. The van der Waals surface area contributed by atoms with Gasteiger partial charge in [-0.05, 0) is 49.2 Å². The zero-order valence-electron chi connectivity index (χ0n) is 18.2. The second kappa shape index (κ2) is 10.6. The molecule has 0 spiro atoms. The predicted octanol–water partition coefficient (Wildman–Crippen LogP) is 3.10. The molecule has 0 aliphatic carbocycles. The Morgan fingerprint density at radius 2 is 1.76 bits per heavy atom. The average Bonchev–Trinajstić information content (AvgIpc) is 3.08. The van der Waals surface area contributed by atoms with E-state index in [-0.39, 0.29) is 29.8 Å². The summed E-state index contributed by atoms with van der Waals surface area (Å²) in [6.07, 6.45) is 1.68. The van der Waals surface area contributed by atoms with Gasteiger partial charge in [0.05, 0.1) is 24.7 Å². The van der Waals surface area contributed by atoms with E-state index in [2.05, 4.69) is 5.32 Å². The molecule has 2 aromatic rings. The zero-order chi connectivity index (χ0) is 23.3. The molecule has 0 aromatic heterocycles. The second-order valence-corrected chi connectivity index (χ2v) is 10.3. The molecule has 1 amide bonds. The van der Waals surface area contributed by atoms with Crippen LogP contribution in [0.3, 0.4) is 0 Å². The summed E-state index contributed by atoms with van der Waals surface area (Å²) in [5.41, 5.74) is 0. The molecule has 2 aliphatic heterocycles. The van der Waals surface area contributed by atoms with Crippen LogP contribution in [0.1, 0.15) is 19.3 Å². The molecule has 8 nitrogen and oxygen atoms in total. The SMILES string of the molecule is O=C(NCCOc1ccc(Cl)cc1)C1CCN(S(=O)(=O)c2ccc3c(c2)OCCCO3)CC1. The van der Waals surface area contributed by atoms with E-state index >= 15 is 0 Å². The molecule has 2 aromatic carbocycles. The van der Waals surface area contributed by atoms with Crippen molar-refractivity contribution in [1.82, 2.24) is 9.62 Å². The Balaban J connectivity index is 1.26. The standard InChI is InChI=1S/C23H27ClN2O6S/c24-18-2-4-19(5-3-18)30-15-10-25-23(27)17-8-11-26(12-9-17)33(28,29)20-6-7-21-22(16-20)32-14-1-13-31-21/h2-7,16-17H,1,8-15H2,(H,25,27). The third kappa shape index (κ3) is 5.90. The van der Waals surface area contributed by atoms with Crippen molar-refractivity contribution in [3.05, 3.63) is 47.5 Å². The van der Waals surface area contributed by atoms with E-state index in [1.165, 1.54) is 10.4 Å². The summed E-state index contributed by atoms with van der Waals surface area (Å²) < 4.78 is 44.4. The Labute approximate surface area is 198 Å². The molecule has 0 atom stereocenters. The van der Waals surface area contributed by atoms with Crippen LogP contribution in [-0.2, 0) is 14.8 Å². The molecule has 1 saturated heterocycles. The van der Waals surface area contributed by atoms with Crippen molar-refractivity contribution in [2.75, 3.05) is 39.5 Å². The largest absolute Gasteiger partial charge is 0.492 e. The van der Waals surface area contributed by atoms with Gasteiger partial charge in [0.1, 0.15) is 12.4 Å². The van der Waals surface area contributed by atoms with Gasteiger partial charge in [0.25, 0.3) is 0 Å². The first-order valence-corrected chi connectivity index (χ1v) is 12.8. The number of amides is 1. The summed E-state index contributed by atoms with van der Waals surface area (Å²) in [6.45, 7) is 2.32. The Hall–Kier alpha value is -2.49. The molecular weight excluding hydrogens is 468 g/mol. The number of rotatable bonds is 7. The second-order valence-electron chi connectivity index (χ2n) is 7.93. The van der Waals surface area contributed by atoms with Crippen LogP contribution in [0.15, 0.2) is 47.4 Å². The van der Waals surface area contributed by atoms with Crippen LogP contribution in [0.25, 0.3) is 0 Å². The van der Waals surface area contributed by atoms with Crippen LogP contribution in [0.5, 0.6) is 17.2 Å². The molecule has 0 bridgehead atoms. The Morgan fingerprint density at radius 3 is 2.48 bits per heavy atom. The molecule has 1 N–H and O–H groups in total. The van der Waals surface area contributed by atoms with Gasteiger partial charge in [-0.3, -0.25) is 4.79 Å². The maximum absolute atomic E-state index is 13.1. The first kappa shape index (κ1) is 23.7. The zero-order valence-corrected chi connectivity index (χ0v) is 19.7. The van der Waals surface area contributed by atoms with Gasteiger partial charge in [-0.15, -0.1) is 0 Å². The number of hydrogen-bond donors (Lipinski definition) is 1. The van der Waals surface area contributed by atoms with E-state index in [0.717, 1.165) is 6.42 Å². The fourth-order valence-corrected chi connectivity index (χ4v) is 5.44. The number of ether oxygens (including phenoxy) is 3. The maximum atomic E-state index is 13.1. The van der Waals surface area contributed by atoms with E-state index in [0.29, 0.717) is 61.5 Å². The van der Waals surface area contributed by atoms with Crippen LogP contribution in [0.2, 0.25) is 5.02 Å². The first-order chi connectivity index (χ1) is 15.9. The van der Waals surface area contributed by atoms with Crippen molar-refractivity contribution in [3.8, 4) is 17.2 Å². The lowest BCUT2D eigenvalue weighted by Crippen LogP contribution is -2.43. The molecular formula is C23H27ClN2O6S. The number of carbonyl (C=O) groups is 1. The van der Waals surface area contributed by atoms with Crippen molar-refractivity contribution >= 4 is 27.5 Å². The summed E-state index contributed by atoms with van der Waals surface area (Å²) in [4.78, 5) is 12.7. The fourth-order valence-electron chi connectivity index (χ4n) is 3.83. The van der Waals surface area contributed by atoms with Crippen LogP contribution in [0, 0.1) is 5.92 Å². The van der Waals surface area contributed by atoms with Gasteiger partial charge in [-0.1, -0.05) is 11.6 Å². The van der Waals surface area contributed by atoms with Crippen LogP contribution in [0.4, 0.5) is 0 Å². The lowest BCUT2D eigenvalue weighted by Gasteiger charge is -2.30. The lowest BCUT2D eigenvalue weighted by molar-refractivity contribution is -0.126. The Morgan fingerprint density at radius 1 is 1.06 bits per heavy atom. The molecule has 33 heavy (non-hydrogen) atoms. The number of benzene rings is 2. The third-order valence-corrected chi connectivity index (χ3v) is 7.81. The summed E-state index contributed by atoms with van der Waals surface area (Å²) in [6, 6.07) is 11.7. The van der Waals surface area contributed by atoms with Gasteiger partial charge in [0.15, 0.2) is 11.5 Å². The van der Waals surface area contributed by atoms with Crippen molar-refractivity contribution in [1.29, 1.82) is 0 Å². The molecule has 178 valence electrons. The van der Waals surface area contributed by atoms with Crippen LogP contribution in [-0.4, -0.2) is 58.1 Å². The molecule has 4 rings (SSSR count). The maximum Gasteiger partial charge on any atom is 0.243 e.